The lowest BCUT2D eigenvalue weighted by molar-refractivity contribution is 0.0844. The first kappa shape index (κ1) is 16.5. The minimum absolute atomic E-state index is 0.328. The smallest absolute Gasteiger partial charge is 0.0670 e. The standard InChI is InChI=1S/C17H32N4/c1-6-15-14(12-20(5)19-15)16(11-18)21-9-7-13(8-10-21)17(2,3)4/h12-13,16H,6-11,18H2,1-5H3. The fraction of sp³-hybridized carbons (Fsp3) is 0.824. The number of likely N-dealkylation sites (tertiary alicyclic amines) is 1. The molecule has 1 fully saturated rings. The first-order valence-electron chi connectivity index (χ1n) is 8.33. The summed E-state index contributed by atoms with van der Waals surface area (Å²) in [5, 5.41) is 4.58. The van der Waals surface area contributed by atoms with Gasteiger partial charge in [-0.05, 0) is 43.7 Å². The number of nitrogens with two attached hydrogens (primary N) is 1. The van der Waals surface area contributed by atoms with E-state index in [1.54, 1.807) is 0 Å². The molecule has 0 bridgehead atoms. The summed E-state index contributed by atoms with van der Waals surface area (Å²) in [4.78, 5) is 2.57. The van der Waals surface area contributed by atoms with Crippen LogP contribution in [0.3, 0.4) is 0 Å². The molecule has 1 aliphatic heterocycles. The van der Waals surface area contributed by atoms with Crippen molar-refractivity contribution in [3.63, 3.8) is 0 Å². The molecule has 4 nitrogen and oxygen atoms in total. The molecule has 0 aliphatic carbocycles. The maximum absolute atomic E-state index is 6.11. The van der Waals surface area contributed by atoms with Gasteiger partial charge in [0.1, 0.15) is 0 Å². The topological polar surface area (TPSA) is 47.1 Å². The second-order valence-corrected chi connectivity index (χ2v) is 7.49. The first-order chi connectivity index (χ1) is 9.86. The van der Waals surface area contributed by atoms with Gasteiger partial charge in [-0.2, -0.15) is 5.10 Å². The molecule has 21 heavy (non-hydrogen) atoms. The highest BCUT2D eigenvalue weighted by Crippen LogP contribution is 2.36. The monoisotopic (exact) mass is 292 g/mol. The third-order valence-corrected chi connectivity index (χ3v) is 5.05. The fourth-order valence-electron chi connectivity index (χ4n) is 3.66. The van der Waals surface area contributed by atoms with Crippen LogP contribution in [0, 0.1) is 11.3 Å². The van der Waals surface area contributed by atoms with Crippen molar-refractivity contribution in [2.24, 2.45) is 24.1 Å². The molecule has 120 valence electrons. The van der Waals surface area contributed by atoms with E-state index in [9.17, 15) is 0 Å². The molecule has 0 saturated carbocycles. The van der Waals surface area contributed by atoms with Gasteiger partial charge in [-0.1, -0.05) is 27.7 Å². The van der Waals surface area contributed by atoms with Gasteiger partial charge in [0, 0.05) is 25.4 Å². The number of aromatic nitrogens is 2. The summed E-state index contributed by atoms with van der Waals surface area (Å²) in [6.45, 7) is 12.3. The van der Waals surface area contributed by atoms with Crippen molar-refractivity contribution in [3.05, 3.63) is 17.5 Å². The highest BCUT2D eigenvalue weighted by molar-refractivity contribution is 5.22. The molecule has 2 rings (SSSR count). The van der Waals surface area contributed by atoms with Gasteiger partial charge in [-0.25, -0.2) is 0 Å². The lowest BCUT2D eigenvalue weighted by Crippen LogP contribution is -2.42. The molecule has 1 aromatic rings. The Morgan fingerprint density at radius 3 is 2.43 bits per heavy atom. The zero-order chi connectivity index (χ0) is 15.6. The summed E-state index contributed by atoms with van der Waals surface area (Å²) in [5.41, 5.74) is 9.06. The van der Waals surface area contributed by atoms with E-state index < -0.39 is 0 Å². The van der Waals surface area contributed by atoms with Gasteiger partial charge < -0.3 is 5.73 Å². The van der Waals surface area contributed by atoms with Gasteiger partial charge in [-0.15, -0.1) is 0 Å². The Balaban J connectivity index is 2.09. The lowest BCUT2D eigenvalue weighted by atomic mass is 9.75. The van der Waals surface area contributed by atoms with Gasteiger partial charge in [0.2, 0.25) is 0 Å². The largest absolute Gasteiger partial charge is 0.329 e. The number of hydrogen-bond acceptors (Lipinski definition) is 3. The second kappa shape index (κ2) is 6.49. The van der Waals surface area contributed by atoms with Crippen molar-refractivity contribution in [3.8, 4) is 0 Å². The van der Waals surface area contributed by atoms with Gasteiger partial charge in [0.05, 0.1) is 11.7 Å². The van der Waals surface area contributed by atoms with Gasteiger partial charge in [0.15, 0.2) is 0 Å². The van der Waals surface area contributed by atoms with Crippen LogP contribution in [-0.2, 0) is 13.5 Å². The molecule has 1 unspecified atom stereocenters. The Labute approximate surface area is 129 Å². The third kappa shape index (κ3) is 3.67. The number of nitrogens with zero attached hydrogens (tertiary/aromatic N) is 3. The van der Waals surface area contributed by atoms with Crippen LogP contribution in [-0.4, -0.2) is 34.3 Å². The van der Waals surface area contributed by atoms with Crippen molar-refractivity contribution in [2.75, 3.05) is 19.6 Å². The number of aryl methyl sites for hydroxylation is 2. The van der Waals surface area contributed by atoms with E-state index in [4.69, 9.17) is 5.73 Å². The minimum Gasteiger partial charge on any atom is -0.329 e. The van der Waals surface area contributed by atoms with E-state index in [0.717, 1.165) is 25.4 Å². The molecular formula is C17H32N4. The van der Waals surface area contributed by atoms with E-state index in [0.29, 0.717) is 18.0 Å². The molecule has 0 amide bonds. The van der Waals surface area contributed by atoms with Crippen LogP contribution in [0.2, 0.25) is 0 Å². The molecule has 1 atom stereocenters. The minimum atomic E-state index is 0.328. The van der Waals surface area contributed by atoms with E-state index in [1.807, 2.05) is 11.7 Å². The Kier molecular flexibility index (Phi) is 5.10. The third-order valence-electron chi connectivity index (χ3n) is 5.05. The number of piperidine rings is 1. The second-order valence-electron chi connectivity index (χ2n) is 7.49. The summed E-state index contributed by atoms with van der Waals surface area (Å²) in [6, 6.07) is 0.328. The average Bonchev–Trinajstić information content (AvgIpc) is 2.80. The first-order valence-corrected chi connectivity index (χ1v) is 8.33. The fourth-order valence-corrected chi connectivity index (χ4v) is 3.66. The highest BCUT2D eigenvalue weighted by Gasteiger charge is 2.32. The van der Waals surface area contributed by atoms with E-state index in [1.165, 1.54) is 24.1 Å². The molecule has 0 aromatic carbocycles. The van der Waals surface area contributed by atoms with Gasteiger partial charge >= 0.3 is 0 Å². The summed E-state index contributed by atoms with van der Waals surface area (Å²) in [7, 11) is 2.00. The number of hydrogen-bond donors (Lipinski definition) is 1. The van der Waals surface area contributed by atoms with E-state index >= 15 is 0 Å². The summed E-state index contributed by atoms with van der Waals surface area (Å²) in [5.74, 6) is 0.826. The summed E-state index contributed by atoms with van der Waals surface area (Å²) in [6.07, 6.45) is 5.70. The van der Waals surface area contributed by atoms with Crippen molar-refractivity contribution >= 4 is 0 Å². The Hall–Kier alpha value is -0.870. The Morgan fingerprint density at radius 1 is 1.33 bits per heavy atom. The normalized spacial score (nSPS) is 19.9. The van der Waals surface area contributed by atoms with Crippen LogP contribution < -0.4 is 5.73 Å². The Morgan fingerprint density at radius 2 is 1.95 bits per heavy atom. The molecule has 1 aromatic heterocycles. The molecule has 0 spiro atoms. The van der Waals surface area contributed by atoms with Crippen molar-refractivity contribution < 1.29 is 0 Å². The van der Waals surface area contributed by atoms with Crippen LogP contribution in [0.4, 0.5) is 0 Å². The molecular weight excluding hydrogens is 260 g/mol. The summed E-state index contributed by atoms with van der Waals surface area (Å²) >= 11 is 0. The maximum Gasteiger partial charge on any atom is 0.0670 e. The predicted octanol–water partition coefficient (Wildman–Crippen LogP) is 2.74. The van der Waals surface area contributed by atoms with E-state index in [2.05, 4.69) is 43.9 Å². The lowest BCUT2D eigenvalue weighted by Gasteiger charge is -2.41. The molecule has 4 heteroatoms. The van der Waals surface area contributed by atoms with Crippen LogP contribution in [0.5, 0.6) is 0 Å². The van der Waals surface area contributed by atoms with Crippen LogP contribution in [0.15, 0.2) is 6.20 Å². The van der Waals surface area contributed by atoms with Crippen LogP contribution in [0.25, 0.3) is 0 Å². The zero-order valence-corrected chi connectivity index (χ0v) is 14.4. The maximum atomic E-state index is 6.11. The molecule has 2 heterocycles. The van der Waals surface area contributed by atoms with E-state index in [-0.39, 0.29) is 0 Å². The number of rotatable bonds is 4. The van der Waals surface area contributed by atoms with Crippen molar-refractivity contribution in [2.45, 2.75) is 53.0 Å². The van der Waals surface area contributed by atoms with Crippen molar-refractivity contribution in [1.29, 1.82) is 0 Å². The molecule has 0 radical (unpaired) electrons. The van der Waals surface area contributed by atoms with Gasteiger partial charge in [-0.3, -0.25) is 9.58 Å². The zero-order valence-electron chi connectivity index (χ0n) is 14.4. The quantitative estimate of drug-likeness (QED) is 0.928. The SMILES string of the molecule is CCc1nn(C)cc1C(CN)N1CCC(C(C)(C)C)CC1. The van der Waals surface area contributed by atoms with Crippen LogP contribution in [0.1, 0.15) is 57.8 Å². The Bertz CT molecular complexity index is 450. The van der Waals surface area contributed by atoms with Gasteiger partial charge in [0.25, 0.3) is 0 Å². The molecule has 1 saturated heterocycles. The van der Waals surface area contributed by atoms with Crippen molar-refractivity contribution in [1.82, 2.24) is 14.7 Å². The summed E-state index contributed by atoms with van der Waals surface area (Å²) < 4.78 is 1.93. The predicted molar refractivity (Wildman–Crippen MR) is 88.1 cm³/mol. The molecule has 1 aliphatic rings. The molecule has 2 N–H and O–H groups in total. The van der Waals surface area contributed by atoms with Crippen LogP contribution >= 0.6 is 0 Å². The highest BCUT2D eigenvalue weighted by atomic mass is 15.3. The average molecular weight is 292 g/mol.